The summed E-state index contributed by atoms with van der Waals surface area (Å²) in [6, 6.07) is 13.8. The van der Waals surface area contributed by atoms with Crippen LogP contribution in [0.1, 0.15) is 22.3 Å². The number of anilines is 1. The van der Waals surface area contributed by atoms with Crippen LogP contribution in [0.3, 0.4) is 0 Å². The molecule has 4 aromatic rings. The number of rotatable bonds is 6. The molecule has 0 spiro atoms. The molecule has 0 aliphatic rings. The Bertz CT molecular complexity index is 1360. The van der Waals surface area contributed by atoms with E-state index in [4.69, 9.17) is 0 Å². The minimum absolute atomic E-state index is 0.326. The number of hydrogen-bond donors (Lipinski definition) is 2. The first-order chi connectivity index (χ1) is 17.5. The van der Waals surface area contributed by atoms with Crippen molar-refractivity contribution in [2.24, 2.45) is 0 Å². The standard InChI is InChI=1S/C26H17F6N3OS/c27-25(28,29)18-10-6-16(7-11-18)20(17-8-12-19(13-9-17)26(30,31)32)3-1-5-24(36)33-23-15-21(34-35-23)22-4-2-14-37-22/h1-15H,(H2,33,34,35,36). The smallest absolute Gasteiger partial charge is 0.307 e. The Morgan fingerprint density at radius 2 is 1.43 bits per heavy atom. The lowest BCUT2D eigenvalue weighted by atomic mass is 9.95. The van der Waals surface area contributed by atoms with Gasteiger partial charge in [-0.2, -0.15) is 31.4 Å². The molecule has 2 aromatic carbocycles. The summed E-state index contributed by atoms with van der Waals surface area (Å²) in [5.41, 5.74) is -0.0909. The van der Waals surface area contributed by atoms with Crippen LogP contribution in [0, 0.1) is 0 Å². The Morgan fingerprint density at radius 1 is 0.865 bits per heavy atom. The van der Waals surface area contributed by atoms with Gasteiger partial charge >= 0.3 is 12.4 Å². The molecule has 190 valence electrons. The summed E-state index contributed by atoms with van der Waals surface area (Å²) in [7, 11) is 0. The second-order valence-electron chi connectivity index (χ2n) is 7.72. The van der Waals surface area contributed by atoms with Gasteiger partial charge in [0.25, 0.3) is 0 Å². The molecule has 2 N–H and O–H groups in total. The maximum Gasteiger partial charge on any atom is 0.416 e. The van der Waals surface area contributed by atoms with Crippen LogP contribution in [0.4, 0.5) is 32.2 Å². The highest BCUT2D eigenvalue weighted by Crippen LogP contribution is 2.33. The fourth-order valence-electron chi connectivity index (χ4n) is 3.38. The van der Waals surface area contributed by atoms with E-state index < -0.39 is 29.4 Å². The molecule has 11 heteroatoms. The summed E-state index contributed by atoms with van der Waals surface area (Å²) in [4.78, 5) is 13.3. The van der Waals surface area contributed by atoms with Crippen molar-refractivity contribution in [1.82, 2.24) is 10.2 Å². The highest BCUT2D eigenvalue weighted by molar-refractivity contribution is 7.13. The third-order valence-corrected chi connectivity index (χ3v) is 6.06. The monoisotopic (exact) mass is 533 g/mol. The average molecular weight is 533 g/mol. The number of allylic oxidation sites excluding steroid dienone is 2. The number of thiophene rings is 1. The fourth-order valence-corrected chi connectivity index (χ4v) is 4.07. The Labute approximate surface area is 211 Å². The average Bonchev–Trinajstić information content (AvgIpc) is 3.53. The summed E-state index contributed by atoms with van der Waals surface area (Å²) in [6.07, 6.45) is -5.10. The van der Waals surface area contributed by atoms with Gasteiger partial charge in [0, 0.05) is 12.1 Å². The van der Waals surface area contributed by atoms with Gasteiger partial charge < -0.3 is 5.32 Å². The molecule has 37 heavy (non-hydrogen) atoms. The molecule has 2 aromatic heterocycles. The number of halogens is 6. The van der Waals surface area contributed by atoms with Crippen molar-refractivity contribution in [2.45, 2.75) is 12.4 Å². The molecular weight excluding hydrogens is 516 g/mol. The molecule has 0 atom stereocenters. The number of amides is 1. The SMILES string of the molecule is O=C(C=CC=C(c1ccc(C(F)(F)F)cc1)c1ccc(C(F)(F)F)cc1)Nc1cc(-c2cccs2)n[nH]1. The number of hydrogen-bond acceptors (Lipinski definition) is 3. The molecule has 0 saturated heterocycles. The molecule has 0 radical (unpaired) electrons. The molecule has 2 heterocycles. The Morgan fingerprint density at radius 3 is 1.92 bits per heavy atom. The molecule has 0 unspecified atom stereocenters. The number of aromatic amines is 1. The number of carbonyl (C=O) groups excluding carboxylic acids is 1. The van der Waals surface area contributed by atoms with Crippen molar-refractivity contribution in [3.8, 4) is 10.6 Å². The topological polar surface area (TPSA) is 57.8 Å². The van der Waals surface area contributed by atoms with Crippen LogP contribution < -0.4 is 5.32 Å². The lowest BCUT2D eigenvalue weighted by molar-refractivity contribution is -0.138. The number of aromatic nitrogens is 2. The normalized spacial score (nSPS) is 12.1. The van der Waals surface area contributed by atoms with E-state index in [-0.39, 0.29) is 0 Å². The second kappa shape index (κ2) is 10.5. The van der Waals surface area contributed by atoms with Crippen molar-refractivity contribution >= 4 is 28.6 Å². The predicted molar refractivity (Wildman–Crippen MR) is 130 cm³/mol. The van der Waals surface area contributed by atoms with Crippen molar-refractivity contribution in [1.29, 1.82) is 0 Å². The van der Waals surface area contributed by atoms with Crippen LogP contribution in [-0.4, -0.2) is 16.1 Å². The summed E-state index contributed by atoms with van der Waals surface area (Å²) < 4.78 is 77.8. The van der Waals surface area contributed by atoms with Gasteiger partial charge in [-0.3, -0.25) is 9.89 Å². The summed E-state index contributed by atoms with van der Waals surface area (Å²) in [5, 5.41) is 11.3. The first kappa shape index (κ1) is 26.0. The minimum atomic E-state index is -4.54. The molecule has 0 aliphatic carbocycles. The van der Waals surface area contributed by atoms with Crippen LogP contribution in [0.15, 0.2) is 90.3 Å². The zero-order valence-electron chi connectivity index (χ0n) is 18.7. The van der Waals surface area contributed by atoms with Crippen LogP contribution in [0.5, 0.6) is 0 Å². The first-order valence-electron chi connectivity index (χ1n) is 10.6. The maximum atomic E-state index is 13.0. The zero-order valence-corrected chi connectivity index (χ0v) is 19.5. The minimum Gasteiger partial charge on any atom is -0.307 e. The van der Waals surface area contributed by atoms with Gasteiger partial charge in [-0.25, -0.2) is 0 Å². The number of alkyl halides is 6. The van der Waals surface area contributed by atoms with Gasteiger partial charge in [-0.05, 0) is 52.4 Å². The van der Waals surface area contributed by atoms with Crippen LogP contribution in [-0.2, 0) is 17.1 Å². The highest BCUT2D eigenvalue weighted by Gasteiger charge is 2.31. The van der Waals surface area contributed by atoms with E-state index >= 15 is 0 Å². The number of carbonyl (C=O) groups is 1. The maximum absolute atomic E-state index is 13.0. The molecular formula is C26H17F6N3OS. The lowest BCUT2D eigenvalue weighted by Crippen LogP contribution is -2.07. The van der Waals surface area contributed by atoms with E-state index in [0.29, 0.717) is 28.2 Å². The van der Waals surface area contributed by atoms with Crippen LogP contribution in [0.2, 0.25) is 0 Å². The van der Waals surface area contributed by atoms with E-state index in [2.05, 4.69) is 15.5 Å². The molecule has 0 saturated carbocycles. The van der Waals surface area contributed by atoms with Gasteiger partial charge in [0.2, 0.25) is 5.91 Å². The third-order valence-electron chi connectivity index (χ3n) is 5.17. The quantitative estimate of drug-likeness (QED) is 0.151. The lowest BCUT2D eigenvalue weighted by Gasteiger charge is -2.12. The van der Waals surface area contributed by atoms with Gasteiger partial charge in [-0.15, -0.1) is 11.3 Å². The molecule has 0 fully saturated rings. The third kappa shape index (κ3) is 6.56. The Kier molecular flexibility index (Phi) is 7.35. The summed E-state index contributed by atoms with van der Waals surface area (Å²) in [6.45, 7) is 0. The Hall–Kier alpha value is -4.12. The predicted octanol–water partition coefficient (Wildman–Crippen LogP) is 7.80. The summed E-state index contributed by atoms with van der Waals surface area (Å²) in [5.74, 6) is -0.162. The zero-order chi connectivity index (χ0) is 26.6. The summed E-state index contributed by atoms with van der Waals surface area (Å²) >= 11 is 1.48. The van der Waals surface area contributed by atoms with E-state index in [1.807, 2.05) is 17.5 Å². The first-order valence-corrected chi connectivity index (χ1v) is 11.5. The highest BCUT2D eigenvalue weighted by atomic mass is 32.1. The van der Waals surface area contributed by atoms with Crippen molar-refractivity contribution in [3.05, 3.63) is 113 Å². The molecule has 0 aliphatic heterocycles. The Balaban J connectivity index is 1.57. The van der Waals surface area contributed by atoms with E-state index in [0.717, 1.165) is 29.1 Å². The van der Waals surface area contributed by atoms with Crippen LogP contribution >= 0.6 is 11.3 Å². The van der Waals surface area contributed by atoms with Gasteiger partial charge in [0.1, 0.15) is 11.5 Å². The molecule has 4 rings (SSSR count). The van der Waals surface area contributed by atoms with Crippen LogP contribution in [0.25, 0.3) is 16.1 Å². The second-order valence-corrected chi connectivity index (χ2v) is 8.67. The largest absolute Gasteiger partial charge is 0.416 e. The molecule has 1 amide bonds. The van der Waals surface area contributed by atoms with Gasteiger partial charge in [0.15, 0.2) is 0 Å². The van der Waals surface area contributed by atoms with Gasteiger partial charge in [0.05, 0.1) is 16.0 Å². The van der Waals surface area contributed by atoms with Crippen molar-refractivity contribution < 1.29 is 31.1 Å². The van der Waals surface area contributed by atoms with E-state index in [1.54, 1.807) is 6.07 Å². The van der Waals surface area contributed by atoms with Crippen molar-refractivity contribution in [3.63, 3.8) is 0 Å². The number of nitrogens with one attached hydrogen (secondary N) is 2. The molecule has 4 nitrogen and oxygen atoms in total. The van der Waals surface area contributed by atoms with E-state index in [9.17, 15) is 31.1 Å². The van der Waals surface area contributed by atoms with Gasteiger partial charge in [-0.1, -0.05) is 42.5 Å². The number of nitrogens with zero attached hydrogens (tertiary/aromatic N) is 1. The molecule has 0 bridgehead atoms. The fraction of sp³-hybridized carbons (Fsp3) is 0.0769. The van der Waals surface area contributed by atoms with E-state index in [1.165, 1.54) is 53.8 Å². The number of H-pyrrole nitrogens is 1. The van der Waals surface area contributed by atoms with Crippen molar-refractivity contribution in [2.75, 3.05) is 5.32 Å². The number of benzene rings is 2.